The number of fused-ring (bicyclic) bond motifs is 1. The maximum Gasteiger partial charge on any atom is 0.223 e. The van der Waals surface area contributed by atoms with E-state index in [2.05, 4.69) is 58.7 Å². The third-order valence-electron chi connectivity index (χ3n) is 5.80. The molecule has 4 rings (SSSR count). The first kappa shape index (κ1) is 20.4. The van der Waals surface area contributed by atoms with Gasteiger partial charge in [0.1, 0.15) is 0 Å². The lowest BCUT2D eigenvalue weighted by Gasteiger charge is -2.26. The van der Waals surface area contributed by atoms with Gasteiger partial charge in [0, 0.05) is 51.3 Å². The standard InChI is InChI=1S/C24H29N3O3/c28-23(9-10-24(29)26-13-15-30-16-14-26)25-17-19-5-7-20(8-6-19)18-27-12-11-21-3-1-2-4-22(21)27/h1-8H,9-18H2,(H,25,28). The van der Waals surface area contributed by atoms with E-state index in [1.165, 1.54) is 16.8 Å². The van der Waals surface area contributed by atoms with Crippen LogP contribution in [0.15, 0.2) is 48.5 Å². The second kappa shape index (κ2) is 9.76. The van der Waals surface area contributed by atoms with Gasteiger partial charge in [-0.25, -0.2) is 0 Å². The summed E-state index contributed by atoms with van der Waals surface area (Å²) in [6.07, 6.45) is 1.58. The molecule has 1 N–H and O–H groups in total. The average molecular weight is 408 g/mol. The number of nitrogens with zero attached hydrogens (tertiary/aromatic N) is 2. The maximum absolute atomic E-state index is 12.1. The van der Waals surface area contributed by atoms with E-state index in [1.807, 2.05) is 0 Å². The quantitative estimate of drug-likeness (QED) is 0.766. The lowest BCUT2D eigenvalue weighted by Crippen LogP contribution is -2.41. The molecule has 0 unspecified atom stereocenters. The number of morpholine rings is 1. The minimum Gasteiger partial charge on any atom is -0.378 e. The summed E-state index contributed by atoms with van der Waals surface area (Å²) < 4.78 is 5.25. The van der Waals surface area contributed by atoms with Crippen LogP contribution in [0.5, 0.6) is 0 Å². The zero-order chi connectivity index (χ0) is 20.8. The summed E-state index contributed by atoms with van der Waals surface area (Å²) in [5, 5.41) is 2.92. The van der Waals surface area contributed by atoms with Gasteiger partial charge in [0.2, 0.25) is 11.8 Å². The lowest BCUT2D eigenvalue weighted by molar-refractivity contribution is -0.137. The molecule has 6 heteroatoms. The average Bonchev–Trinajstić information content (AvgIpc) is 3.20. The number of hydrogen-bond acceptors (Lipinski definition) is 4. The van der Waals surface area contributed by atoms with Crippen LogP contribution < -0.4 is 10.2 Å². The number of nitrogens with one attached hydrogen (secondary N) is 1. The molecule has 2 amide bonds. The highest BCUT2D eigenvalue weighted by Gasteiger charge is 2.19. The van der Waals surface area contributed by atoms with Crippen LogP contribution in [-0.2, 0) is 33.8 Å². The van der Waals surface area contributed by atoms with Crippen molar-refractivity contribution in [3.8, 4) is 0 Å². The number of carbonyl (C=O) groups is 2. The molecule has 30 heavy (non-hydrogen) atoms. The molecule has 2 aliphatic rings. The van der Waals surface area contributed by atoms with Gasteiger partial charge in [-0.2, -0.15) is 0 Å². The lowest BCUT2D eigenvalue weighted by atomic mass is 10.1. The fraction of sp³-hybridized carbons (Fsp3) is 0.417. The van der Waals surface area contributed by atoms with E-state index in [1.54, 1.807) is 4.90 Å². The van der Waals surface area contributed by atoms with Crippen LogP contribution in [-0.4, -0.2) is 49.6 Å². The van der Waals surface area contributed by atoms with E-state index in [0.717, 1.165) is 25.1 Å². The largest absolute Gasteiger partial charge is 0.378 e. The van der Waals surface area contributed by atoms with Gasteiger partial charge >= 0.3 is 0 Å². The topological polar surface area (TPSA) is 61.9 Å². The van der Waals surface area contributed by atoms with Crippen LogP contribution in [0.2, 0.25) is 0 Å². The highest BCUT2D eigenvalue weighted by atomic mass is 16.5. The van der Waals surface area contributed by atoms with Crippen molar-refractivity contribution in [3.05, 3.63) is 65.2 Å². The molecule has 0 radical (unpaired) electrons. The summed E-state index contributed by atoms with van der Waals surface area (Å²) in [5.41, 5.74) is 5.08. The van der Waals surface area contributed by atoms with Crippen molar-refractivity contribution >= 4 is 17.5 Å². The van der Waals surface area contributed by atoms with Gasteiger partial charge in [0.25, 0.3) is 0 Å². The van der Waals surface area contributed by atoms with Gasteiger partial charge in [-0.15, -0.1) is 0 Å². The van der Waals surface area contributed by atoms with Crippen molar-refractivity contribution in [2.75, 3.05) is 37.7 Å². The van der Waals surface area contributed by atoms with Gasteiger partial charge in [-0.3, -0.25) is 9.59 Å². The zero-order valence-electron chi connectivity index (χ0n) is 17.3. The van der Waals surface area contributed by atoms with Gasteiger partial charge in [0.15, 0.2) is 0 Å². The molecule has 0 atom stereocenters. The third-order valence-corrected chi connectivity index (χ3v) is 5.80. The van der Waals surface area contributed by atoms with E-state index >= 15 is 0 Å². The Morgan fingerprint density at radius 2 is 1.63 bits per heavy atom. The number of para-hydroxylation sites is 1. The first-order valence-corrected chi connectivity index (χ1v) is 10.7. The molecule has 2 heterocycles. The molecule has 2 aromatic carbocycles. The van der Waals surface area contributed by atoms with Crippen molar-refractivity contribution in [1.29, 1.82) is 0 Å². The fourth-order valence-corrected chi connectivity index (χ4v) is 4.03. The smallest absolute Gasteiger partial charge is 0.223 e. The van der Waals surface area contributed by atoms with E-state index in [9.17, 15) is 9.59 Å². The van der Waals surface area contributed by atoms with E-state index in [-0.39, 0.29) is 24.7 Å². The van der Waals surface area contributed by atoms with Crippen molar-refractivity contribution in [1.82, 2.24) is 10.2 Å². The monoisotopic (exact) mass is 407 g/mol. The second-order valence-corrected chi connectivity index (χ2v) is 7.89. The fourth-order valence-electron chi connectivity index (χ4n) is 4.03. The molecule has 0 bridgehead atoms. The molecule has 1 saturated heterocycles. The van der Waals surface area contributed by atoms with E-state index < -0.39 is 0 Å². The first-order chi connectivity index (χ1) is 14.7. The Labute approximate surface area is 177 Å². The molecule has 2 aromatic rings. The number of carbonyl (C=O) groups excluding carboxylic acids is 2. The van der Waals surface area contributed by atoms with Crippen molar-refractivity contribution in [2.24, 2.45) is 0 Å². The van der Waals surface area contributed by atoms with Gasteiger partial charge in [0.05, 0.1) is 13.2 Å². The molecule has 2 aliphatic heterocycles. The Hall–Kier alpha value is -2.86. The van der Waals surface area contributed by atoms with E-state index in [0.29, 0.717) is 32.8 Å². The number of ether oxygens (including phenoxy) is 1. The molecule has 0 saturated carbocycles. The van der Waals surface area contributed by atoms with Crippen molar-refractivity contribution in [2.45, 2.75) is 32.4 Å². The summed E-state index contributed by atoms with van der Waals surface area (Å²) in [7, 11) is 0. The summed E-state index contributed by atoms with van der Waals surface area (Å²) >= 11 is 0. The number of anilines is 1. The summed E-state index contributed by atoms with van der Waals surface area (Å²) in [5.74, 6) is -0.0596. The predicted molar refractivity (Wildman–Crippen MR) is 116 cm³/mol. The van der Waals surface area contributed by atoms with Crippen molar-refractivity contribution in [3.63, 3.8) is 0 Å². The molecule has 0 aromatic heterocycles. The Bertz CT molecular complexity index is 876. The van der Waals surface area contributed by atoms with Crippen molar-refractivity contribution < 1.29 is 14.3 Å². The molecule has 0 spiro atoms. The third kappa shape index (κ3) is 5.19. The number of hydrogen-bond donors (Lipinski definition) is 1. The van der Waals surface area contributed by atoms with Gasteiger partial charge in [-0.05, 0) is 29.2 Å². The molecular formula is C24H29N3O3. The highest BCUT2D eigenvalue weighted by molar-refractivity contribution is 5.83. The van der Waals surface area contributed by atoms with Gasteiger partial charge in [-0.1, -0.05) is 42.5 Å². The Kier molecular flexibility index (Phi) is 6.64. The van der Waals surface area contributed by atoms with Crippen LogP contribution in [0.3, 0.4) is 0 Å². The summed E-state index contributed by atoms with van der Waals surface area (Å²) in [4.78, 5) is 28.4. The van der Waals surface area contributed by atoms with Crippen LogP contribution >= 0.6 is 0 Å². The highest BCUT2D eigenvalue weighted by Crippen LogP contribution is 2.28. The van der Waals surface area contributed by atoms with Crippen LogP contribution in [0.1, 0.15) is 29.5 Å². The normalized spacial score (nSPS) is 15.7. The van der Waals surface area contributed by atoms with E-state index in [4.69, 9.17) is 4.74 Å². The molecule has 6 nitrogen and oxygen atoms in total. The molecule has 0 aliphatic carbocycles. The predicted octanol–water partition coefficient (Wildman–Crippen LogP) is 2.50. The first-order valence-electron chi connectivity index (χ1n) is 10.7. The van der Waals surface area contributed by atoms with Crippen LogP contribution in [0.4, 0.5) is 5.69 Å². The maximum atomic E-state index is 12.1. The van der Waals surface area contributed by atoms with Gasteiger partial charge < -0.3 is 19.9 Å². The van der Waals surface area contributed by atoms with Crippen LogP contribution in [0.25, 0.3) is 0 Å². The minimum absolute atomic E-state index is 0.0290. The zero-order valence-corrected chi connectivity index (χ0v) is 17.3. The summed E-state index contributed by atoms with van der Waals surface area (Å²) in [6, 6.07) is 17.0. The molecule has 1 fully saturated rings. The molecular weight excluding hydrogens is 378 g/mol. The SMILES string of the molecule is O=C(CCC(=O)N1CCOCC1)NCc1ccc(CN2CCc3ccccc32)cc1. The number of benzene rings is 2. The second-order valence-electron chi connectivity index (χ2n) is 7.89. The molecule has 158 valence electrons. The Balaban J connectivity index is 1.20. The Morgan fingerprint density at radius 1 is 0.900 bits per heavy atom. The number of amides is 2. The number of rotatable bonds is 7. The van der Waals surface area contributed by atoms with Crippen LogP contribution in [0, 0.1) is 0 Å². The minimum atomic E-state index is -0.0886. The Morgan fingerprint density at radius 3 is 2.43 bits per heavy atom. The summed E-state index contributed by atoms with van der Waals surface area (Å²) in [6.45, 7) is 4.84.